The third-order valence-electron chi connectivity index (χ3n) is 8.37. The van der Waals surface area contributed by atoms with E-state index in [2.05, 4.69) is 82.6 Å². The normalized spacial score (nSPS) is 17.3. The summed E-state index contributed by atoms with van der Waals surface area (Å²) >= 11 is 0. The van der Waals surface area contributed by atoms with E-state index in [1.807, 2.05) is 73.9 Å². The van der Waals surface area contributed by atoms with Gasteiger partial charge < -0.3 is 16.0 Å². The molecule has 1 aliphatic heterocycles. The van der Waals surface area contributed by atoms with Crippen molar-refractivity contribution in [3.63, 3.8) is 0 Å². The molecule has 230 valence electrons. The molecule has 1 heterocycles. The molecule has 3 amide bonds. The fourth-order valence-corrected chi connectivity index (χ4v) is 5.98. The van der Waals surface area contributed by atoms with Crippen LogP contribution in [0.2, 0.25) is 0 Å². The number of terminal acetylenes is 1. The van der Waals surface area contributed by atoms with Crippen LogP contribution < -0.4 is 20.4 Å². The molecule has 6 heteroatoms. The number of carbonyl (C=O) groups excluding carboxylic acids is 2. The van der Waals surface area contributed by atoms with E-state index in [0.29, 0.717) is 0 Å². The Bertz CT molecular complexity index is 1550. The van der Waals surface area contributed by atoms with E-state index in [1.165, 1.54) is 0 Å². The van der Waals surface area contributed by atoms with Gasteiger partial charge in [-0.1, -0.05) is 116 Å². The van der Waals surface area contributed by atoms with Crippen molar-refractivity contribution in [3.8, 4) is 12.5 Å². The van der Waals surface area contributed by atoms with Gasteiger partial charge in [0.05, 0.1) is 13.1 Å². The molecular formula is C38H47N4O2+. The number of quaternary nitrogens is 1. The van der Waals surface area contributed by atoms with Crippen molar-refractivity contribution in [2.45, 2.75) is 78.8 Å². The average Bonchev–Trinajstić information content (AvgIpc) is 3.27. The highest BCUT2D eigenvalue weighted by Crippen LogP contribution is 2.41. The highest BCUT2D eigenvalue weighted by molar-refractivity contribution is 6.00. The Morgan fingerprint density at radius 2 is 1.43 bits per heavy atom. The van der Waals surface area contributed by atoms with Crippen LogP contribution in [0.15, 0.2) is 79.0 Å². The summed E-state index contributed by atoms with van der Waals surface area (Å²) < 4.78 is 0.180. The zero-order valence-electron chi connectivity index (χ0n) is 27.4. The fourth-order valence-electron chi connectivity index (χ4n) is 5.98. The van der Waals surface area contributed by atoms with Gasteiger partial charge in [0.15, 0.2) is 5.69 Å². The number of hydrogen-bond donors (Lipinski definition) is 3. The number of rotatable bonds is 9. The maximum atomic E-state index is 14.3. The van der Waals surface area contributed by atoms with Crippen molar-refractivity contribution in [2.75, 3.05) is 12.4 Å². The standard InChI is InChI=1S/C38H46N4O2/c1-10-42(9)24-28(31-19-14-15-22-33(31)42)23-32(36(43)40-34-29(25(2)3)20-16-21-30(34)26(4)5)39-37(44)41-35(38(6,7)8)27-17-12-11-13-18-27/h1,11-22,24-26,32,35H,23H2,2-9H3,(H2-,39,40,41,43,44)/p+1. The molecule has 4 rings (SSSR count). The first-order valence-corrected chi connectivity index (χ1v) is 15.5. The summed E-state index contributed by atoms with van der Waals surface area (Å²) in [5, 5.41) is 9.46. The maximum absolute atomic E-state index is 14.3. The van der Waals surface area contributed by atoms with Crippen molar-refractivity contribution in [1.29, 1.82) is 0 Å². The van der Waals surface area contributed by atoms with Gasteiger partial charge in [0, 0.05) is 29.3 Å². The Labute approximate surface area is 263 Å². The Kier molecular flexibility index (Phi) is 9.71. The number of carbonyl (C=O) groups is 2. The summed E-state index contributed by atoms with van der Waals surface area (Å²) in [6.45, 7) is 14.7. The predicted molar refractivity (Wildman–Crippen MR) is 183 cm³/mol. The molecule has 3 aromatic rings. The molecule has 3 aromatic carbocycles. The second kappa shape index (κ2) is 13.1. The molecular weight excluding hydrogens is 544 g/mol. The van der Waals surface area contributed by atoms with Gasteiger partial charge in [-0.3, -0.25) is 4.79 Å². The summed E-state index contributed by atoms with van der Waals surface area (Å²) in [7, 11) is 1.95. The van der Waals surface area contributed by atoms with E-state index in [-0.39, 0.29) is 40.1 Å². The van der Waals surface area contributed by atoms with E-state index < -0.39 is 12.1 Å². The third-order valence-corrected chi connectivity index (χ3v) is 8.37. The molecule has 3 atom stereocenters. The van der Waals surface area contributed by atoms with E-state index in [9.17, 15) is 9.59 Å². The first kappa shape index (κ1) is 32.6. The van der Waals surface area contributed by atoms with Gasteiger partial charge in [-0.05, 0) is 40.0 Å². The lowest BCUT2D eigenvalue weighted by atomic mass is 9.82. The minimum atomic E-state index is -0.866. The van der Waals surface area contributed by atoms with Crippen LogP contribution in [0.3, 0.4) is 0 Å². The van der Waals surface area contributed by atoms with Crippen LogP contribution in [0.4, 0.5) is 16.2 Å². The van der Waals surface area contributed by atoms with Crippen molar-refractivity contribution in [2.24, 2.45) is 5.41 Å². The number of nitrogens with zero attached hydrogens (tertiary/aromatic N) is 1. The molecule has 0 aromatic heterocycles. The minimum Gasteiger partial charge on any atom is -0.331 e. The molecule has 3 N–H and O–H groups in total. The van der Waals surface area contributed by atoms with Crippen LogP contribution in [-0.4, -0.2) is 25.0 Å². The number of anilines is 1. The summed E-state index contributed by atoms with van der Waals surface area (Å²) in [6.07, 6.45) is 8.25. The molecule has 6 nitrogen and oxygen atoms in total. The van der Waals surface area contributed by atoms with Gasteiger partial charge in [-0.2, -0.15) is 4.48 Å². The Morgan fingerprint density at radius 3 is 2.00 bits per heavy atom. The topological polar surface area (TPSA) is 70.2 Å². The van der Waals surface area contributed by atoms with Crippen molar-refractivity contribution >= 4 is 28.9 Å². The van der Waals surface area contributed by atoms with Crippen molar-refractivity contribution in [3.05, 3.63) is 101 Å². The lowest BCUT2D eigenvalue weighted by Gasteiger charge is -2.32. The van der Waals surface area contributed by atoms with Crippen LogP contribution >= 0.6 is 0 Å². The second-order valence-electron chi connectivity index (χ2n) is 13.6. The van der Waals surface area contributed by atoms with E-state index in [1.54, 1.807) is 0 Å². The molecule has 0 radical (unpaired) electrons. The fraction of sp³-hybridized carbons (Fsp3) is 0.368. The Balaban J connectivity index is 1.70. The summed E-state index contributed by atoms with van der Waals surface area (Å²) in [5.74, 6) is 0.132. The maximum Gasteiger partial charge on any atom is 0.315 e. The Hall–Kier alpha value is -4.34. The molecule has 0 fully saturated rings. The molecule has 0 spiro atoms. The summed E-state index contributed by atoms with van der Waals surface area (Å²) in [6, 6.07) is 25.4. The first-order valence-electron chi connectivity index (χ1n) is 15.5. The molecule has 0 bridgehead atoms. The van der Waals surface area contributed by atoms with Gasteiger partial charge in [-0.25, -0.2) is 4.79 Å². The number of benzene rings is 3. The number of hydrogen-bond acceptors (Lipinski definition) is 2. The minimum absolute atomic E-state index is 0.180. The van der Waals surface area contributed by atoms with Crippen molar-refractivity contribution < 1.29 is 9.59 Å². The number of para-hydroxylation sites is 2. The predicted octanol–water partition coefficient (Wildman–Crippen LogP) is 8.30. The summed E-state index contributed by atoms with van der Waals surface area (Å²) in [4.78, 5) is 28.0. The van der Waals surface area contributed by atoms with E-state index in [4.69, 9.17) is 6.42 Å². The SMILES string of the molecule is C#C[N+]1(C)C=C(CC(NC(=O)NC(c2ccccc2)C(C)(C)C)C(=O)Nc2c(C(C)C)cccc2C(C)C)c2ccccc21. The molecule has 3 unspecified atom stereocenters. The van der Waals surface area contributed by atoms with Crippen LogP contribution in [-0.2, 0) is 4.79 Å². The number of nitrogens with one attached hydrogen (secondary N) is 3. The summed E-state index contributed by atoms with van der Waals surface area (Å²) in [5.41, 5.74) is 6.54. The molecule has 0 saturated carbocycles. The smallest absolute Gasteiger partial charge is 0.315 e. The second-order valence-corrected chi connectivity index (χ2v) is 13.6. The van der Waals surface area contributed by atoms with Crippen LogP contribution in [0.5, 0.6) is 0 Å². The van der Waals surface area contributed by atoms with E-state index >= 15 is 0 Å². The number of fused-ring (bicyclic) bond motifs is 1. The molecule has 0 saturated heterocycles. The lowest BCUT2D eigenvalue weighted by Crippen LogP contribution is -2.50. The monoisotopic (exact) mass is 591 g/mol. The van der Waals surface area contributed by atoms with E-state index in [0.717, 1.165) is 39.2 Å². The largest absolute Gasteiger partial charge is 0.331 e. The van der Waals surface area contributed by atoms with Gasteiger partial charge in [0.2, 0.25) is 5.91 Å². The third kappa shape index (κ3) is 7.06. The van der Waals surface area contributed by atoms with Gasteiger partial charge in [-0.15, -0.1) is 0 Å². The van der Waals surface area contributed by atoms with Crippen LogP contribution in [0.1, 0.15) is 95.0 Å². The lowest BCUT2D eigenvalue weighted by molar-refractivity contribution is -0.117. The van der Waals surface area contributed by atoms with Crippen LogP contribution in [0.25, 0.3) is 5.57 Å². The van der Waals surface area contributed by atoms with Crippen molar-refractivity contribution in [1.82, 2.24) is 15.1 Å². The molecule has 1 aliphatic rings. The Morgan fingerprint density at radius 1 is 0.841 bits per heavy atom. The van der Waals surface area contributed by atoms with Gasteiger partial charge >= 0.3 is 6.03 Å². The first-order chi connectivity index (χ1) is 20.7. The molecule has 0 aliphatic carbocycles. The number of amides is 3. The zero-order valence-corrected chi connectivity index (χ0v) is 27.4. The quantitative estimate of drug-likeness (QED) is 0.173. The molecule has 44 heavy (non-hydrogen) atoms. The van der Waals surface area contributed by atoms with Gasteiger partial charge in [0.1, 0.15) is 18.3 Å². The zero-order chi connectivity index (χ0) is 32.2. The average molecular weight is 592 g/mol. The van der Waals surface area contributed by atoms with Crippen LogP contribution in [0, 0.1) is 17.9 Å². The highest BCUT2D eigenvalue weighted by Gasteiger charge is 2.37. The van der Waals surface area contributed by atoms with Gasteiger partial charge in [0.25, 0.3) is 0 Å². The number of urea groups is 1. The highest BCUT2D eigenvalue weighted by atomic mass is 16.2.